The van der Waals surface area contributed by atoms with Crippen LogP contribution in [0.1, 0.15) is 28.1 Å². The largest absolute Gasteiger partial charge is 0.331 e. The summed E-state index contributed by atoms with van der Waals surface area (Å²) >= 11 is 9.99. The van der Waals surface area contributed by atoms with Gasteiger partial charge in [-0.2, -0.15) is 0 Å². The molecule has 5 heteroatoms. The quantitative estimate of drug-likeness (QED) is 0.654. The summed E-state index contributed by atoms with van der Waals surface area (Å²) in [5, 5.41) is 2.69. The second-order valence-electron chi connectivity index (χ2n) is 4.87. The monoisotopic (exact) mass is 417 g/mol. The Balaban J connectivity index is 1.83. The highest BCUT2D eigenvalue weighted by molar-refractivity contribution is 14.1. The summed E-state index contributed by atoms with van der Waals surface area (Å²) in [6.45, 7) is 0.699. The number of thiophene rings is 1. The minimum atomic E-state index is 0.0826. The molecule has 0 bridgehead atoms. The molecule has 3 rings (SSSR count). The third-order valence-corrected chi connectivity index (χ3v) is 5.75. The van der Waals surface area contributed by atoms with Crippen LogP contribution in [0.25, 0.3) is 0 Å². The molecule has 0 aliphatic heterocycles. The Labute approximate surface area is 140 Å². The lowest BCUT2D eigenvalue weighted by atomic mass is 10.2. The van der Waals surface area contributed by atoms with Crippen molar-refractivity contribution >= 4 is 51.4 Å². The van der Waals surface area contributed by atoms with Gasteiger partial charge in [-0.3, -0.25) is 4.79 Å². The lowest BCUT2D eigenvalue weighted by Gasteiger charge is -2.22. The summed E-state index contributed by atoms with van der Waals surface area (Å²) in [5.74, 6) is 0.0826. The highest BCUT2D eigenvalue weighted by atomic mass is 127. The first kappa shape index (κ1) is 14.4. The number of hydrogen-bond donors (Lipinski definition) is 0. The van der Waals surface area contributed by atoms with E-state index < -0.39 is 0 Å². The maximum Gasteiger partial charge on any atom is 0.254 e. The van der Waals surface area contributed by atoms with Gasteiger partial charge in [0.05, 0.1) is 11.6 Å². The average molecular weight is 418 g/mol. The Morgan fingerprint density at radius 2 is 2.20 bits per heavy atom. The Morgan fingerprint density at radius 3 is 2.80 bits per heavy atom. The molecule has 0 N–H and O–H groups in total. The minimum absolute atomic E-state index is 0.0826. The molecule has 1 saturated carbocycles. The SMILES string of the molecule is O=C(c1ccc(I)c(Cl)c1)N(Cc1cccs1)C1CC1. The van der Waals surface area contributed by atoms with Crippen molar-refractivity contribution < 1.29 is 4.79 Å². The van der Waals surface area contributed by atoms with E-state index in [2.05, 4.69) is 28.7 Å². The van der Waals surface area contributed by atoms with Gasteiger partial charge < -0.3 is 4.90 Å². The van der Waals surface area contributed by atoms with Gasteiger partial charge in [-0.05, 0) is 65.1 Å². The molecule has 1 aliphatic carbocycles. The van der Waals surface area contributed by atoms with Crippen molar-refractivity contribution in [2.45, 2.75) is 25.4 Å². The van der Waals surface area contributed by atoms with Gasteiger partial charge in [0, 0.05) is 20.1 Å². The van der Waals surface area contributed by atoms with Crippen molar-refractivity contribution in [2.75, 3.05) is 0 Å². The fraction of sp³-hybridized carbons (Fsp3) is 0.267. The van der Waals surface area contributed by atoms with Gasteiger partial charge in [0.25, 0.3) is 5.91 Å². The fourth-order valence-electron chi connectivity index (χ4n) is 2.12. The molecule has 0 atom stereocenters. The van der Waals surface area contributed by atoms with Crippen molar-refractivity contribution in [3.63, 3.8) is 0 Å². The van der Waals surface area contributed by atoms with Gasteiger partial charge in [0.1, 0.15) is 0 Å². The number of halogens is 2. The minimum Gasteiger partial charge on any atom is -0.331 e. The van der Waals surface area contributed by atoms with E-state index in [-0.39, 0.29) is 5.91 Å². The number of carbonyl (C=O) groups excluding carboxylic acids is 1. The van der Waals surface area contributed by atoms with E-state index in [4.69, 9.17) is 11.6 Å². The molecule has 0 radical (unpaired) electrons. The Morgan fingerprint density at radius 1 is 1.40 bits per heavy atom. The molecular formula is C15H13ClINOS. The zero-order valence-electron chi connectivity index (χ0n) is 10.7. The van der Waals surface area contributed by atoms with E-state index in [1.807, 2.05) is 28.5 Å². The van der Waals surface area contributed by atoms with Crippen molar-refractivity contribution in [1.82, 2.24) is 4.90 Å². The Kier molecular flexibility index (Phi) is 4.33. The van der Waals surface area contributed by atoms with Crippen molar-refractivity contribution in [1.29, 1.82) is 0 Å². The molecule has 1 amide bonds. The Hall–Kier alpha value is -0.590. The zero-order valence-corrected chi connectivity index (χ0v) is 14.4. The van der Waals surface area contributed by atoms with E-state index in [1.54, 1.807) is 17.4 Å². The molecule has 2 aromatic rings. The van der Waals surface area contributed by atoms with Gasteiger partial charge in [-0.15, -0.1) is 11.3 Å². The molecule has 20 heavy (non-hydrogen) atoms. The van der Waals surface area contributed by atoms with E-state index in [0.717, 1.165) is 16.4 Å². The van der Waals surface area contributed by atoms with Crippen LogP contribution in [0.4, 0.5) is 0 Å². The fourth-order valence-corrected chi connectivity index (χ4v) is 3.34. The molecule has 1 aliphatic rings. The first-order valence-electron chi connectivity index (χ1n) is 6.43. The van der Waals surface area contributed by atoms with Crippen molar-refractivity contribution in [2.24, 2.45) is 0 Å². The number of rotatable bonds is 4. The molecule has 104 valence electrons. The second kappa shape index (κ2) is 6.03. The third-order valence-electron chi connectivity index (χ3n) is 3.32. The third kappa shape index (κ3) is 3.18. The van der Waals surface area contributed by atoms with Crippen molar-refractivity contribution in [3.8, 4) is 0 Å². The maximum absolute atomic E-state index is 12.7. The van der Waals surface area contributed by atoms with E-state index in [9.17, 15) is 4.79 Å². The summed E-state index contributed by atoms with van der Waals surface area (Å²) in [6, 6.07) is 10.0. The summed E-state index contributed by atoms with van der Waals surface area (Å²) < 4.78 is 0.969. The van der Waals surface area contributed by atoms with E-state index in [0.29, 0.717) is 23.2 Å². The van der Waals surface area contributed by atoms with Crippen LogP contribution in [0, 0.1) is 3.57 Å². The van der Waals surface area contributed by atoms with Crippen LogP contribution in [-0.2, 0) is 6.54 Å². The topological polar surface area (TPSA) is 20.3 Å². The molecule has 0 saturated heterocycles. The van der Waals surface area contributed by atoms with E-state index >= 15 is 0 Å². The Bertz CT molecular complexity index is 625. The van der Waals surface area contributed by atoms with Gasteiger partial charge in [-0.1, -0.05) is 17.7 Å². The number of benzene rings is 1. The highest BCUT2D eigenvalue weighted by Crippen LogP contribution is 2.31. The molecule has 0 unspecified atom stereocenters. The highest BCUT2D eigenvalue weighted by Gasteiger charge is 2.33. The van der Waals surface area contributed by atoms with E-state index in [1.165, 1.54) is 4.88 Å². The number of nitrogens with zero attached hydrogens (tertiary/aromatic N) is 1. The number of hydrogen-bond acceptors (Lipinski definition) is 2. The van der Waals surface area contributed by atoms with Crippen LogP contribution in [0.15, 0.2) is 35.7 Å². The van der Waals surface area contributed by atoms with Gasteiger partial charge in [0.2, 0.25) is 0 Å². The van der Waals surface area contributed by atoms with Crippen LogP contribution < -0.4 is 0 Å². The summed E-state index contributed by atoms with van der Waals surface area (Å²) in [4.78, 5) is 15.9. The molecule has 1 aromatic heterocycles. The summed E-state index contributed by atoms with van der Waals surface area (Å²) in [6.07, 6.45) is 2.21. The maximum atomic E-state index is 12.7. The van der Waals surface area contributed by atoms with Crippen LogP contribution >= 0.6 is 45.5 Å². The standard InChI is InChI=1S/C15H13ClINOS/c16-13-8-10(3-6-14(13)17)15(19)18(11-4-5-11)9-12-2-1-7-20-12/h1-3,6-8,11H,4-5,9H2. The molecule has 1 aromatic carbocycles. The number of carbonyl (C=O) groups is 1. The summed E-state index contributed by atoms with van der Waals surface area (Å²) in [7, 11) is 0. The average Bonchev–Trinajstić information content (AvgIpc) is 3.15. The van der Waals surface area contributed by atoms with Crippen molar-refractivity contribution in [3.05, 3.63) is 54.7 Å². The van der Waals surface area contributed by atoms with Crippen LogP contribution in [0.3, 0.4) is 0 Å². The normalized spacial score (nSPS) is 14.3. The van der Waals surface area contributed by atoms with Gasteiger partial charge >= 0.3 is 0 Å². The smallest absolute Gasteiger partial charge is 0.254 e. The lowest BCUT2D eigenvalue weighted by molar-refractivity contribution is 0.0731. The molecule has 0 spiro atoms. The zero-order chi connectivity index (χ0) is 14.1. The predicted octanol–water partition coefficient (Wildman–Crippen LogP) is 4.81. The lowest BCUT2D eigenvalue weighted by Crippen LogP contribution is -2.32. The molecule has 1 heterocycles. The predicted molar refractivity (Wildman–Crippen MR) is 91.4 cm³/mol. The number of amides is 1. The summed E-state index contributed by atoms with van der Waals surface area (Å²) in [5.41, 5.74) is 0.680. The first-order chi connectivity index (χ1) is 9.65. The molecule has 1 fully saturated rings. The molecule has 2 nitrogen and oxygen atoms in total. The van der Waals surface area contributed by atoms with Gasteiger partial charge in [0.15, 0.2) is 0 Å². The van der Waals surface area contributed by atoms with Crippen LogP contribution in [-0.4, -0.2) is 16.8 Å². The molecular weight excluding hydrogens is 405 g/mol. The van der Waals surface area contributed by atoms with Gasteiger partial charge in [-0.25, -0.2) is 0 Å². The second-order valence-corrected chi connectivity index (χ2v) is 7.47. The first-order valence-corrected chi connectivity index (χ1v) is 8.77. The van der Waals surface area contributed by atoms with Crippen LogP contribution in [0.5, 0.6) is 0 Å². The van der Waals surface area contributed by atoms with Crippen LogP contribution in [0.2, 0.25) is 5.02 Å².